The summed E-state index contributed by atoms with van der Waals surface area (Å²) in [5.74, 6) is 1.30. The van der Waals surface area contributed by atoms with Crippen molar-refractivity contribution < 1.29 is 22.2 Å². The molecule has 0 bridgehead atoms. The summed E-state index contributed by atoms with van der Waals surface area (Å²) in [5.41, 5.74) is 4.58. The van der Waals surface area contributed by atoms with Gasteiger partial charge >= 0.3 is 6.18 Å². The number of thiophene rings is 1. The highest BCUT2D eigenvalue weighted by Crippen LogP contribution is 2.46. The van der Waals surface area contributed by atoms with E-state index in [0.717, 1.165) is 22.3 Å². The van der Waals surface area contributed by atoms with Crippen LogP contribution in [0.1, 0.15) is 16.3 Å². The second-order valence-electron chi connectivity index (χ2n) is 9.84. The van der Waals surface area contributed by atoms with Crippen LogP contribution < -0.4 is 0 Å². The molecule has 4 aromatic heterocycles. The molecule has 0 saturated carbocycles. The predicted octanol–water partition coefficient (Wildman–Crippen LogP) is 8.85. The Hall–Kier alpha value is -5.42. The fourth-order valence-electron chi connectivity index (χ4n) is 4.75. The van der Waals surface area contributed by atoms with E-state index in [2.05, 4.69) is 25.3 Å². The Balaban J connectivity index is 1.14. The van der Waals surface area contributed by atoms with Crippen LogP contribution in [0.5, 0.6) is 0 Å². The average Bonchev–Trinajstić information content (AvgIpc) is 3.83. The maximum atomic E-state index is 14.2. The standard InChI is InChI=1S/C33H20F3N5O2S/c34-33(35,36)29-26(19-27(44-29)32-39-31(41-43-32)22-5-2-1-3-6-22)25-8-4-7-24(18-25)21-11-9-20(10-12-21)17-28-38-30(40-42-28)23-13-15-37-16-14-23/h1-16,18-19H,17H2. The highest BCUT2D eigenvalue weighted by Gasteiger charge is 2.37. The maximum absolute atomic E-state index is 14.2. The lowest BCUT2D eigenvalue weighted by molar-refractivity contribution is -0.133. The molecule has 7 rings (SSSR count). The van der Waals surface area contributed by atoms with Gasteiger partial charge in [0.05, 0.1) is 11.3 Å². The van der Waals surface area contributed by atoms with Crippen LogP contribution in [0.25, 0.3) is 55.8 Å². The number of nitrogens with zero attached hydrogens (tertiary/aromatic N) is 5. The van der Waals surface area contributed by atoms with Crippen LogP contribution in [0.2, 0.25) is 0 Å². The number of alkyl halides is 3. The van der Waals surface area contributed by atoms with E-state index in [0.29, 0.717) is 46.4 Å². The van der Waals surface area contributed by atoms with Gasteiger partial charge in [0, 0.05) is 29.1 Å². The van der Waals surface area contributed by atoms with Crippen LogP contribution in [-0.4, -0.2) is 25.3 Å². The monoisotopic (exact) mass is 607 g/mol. The van der Waals surface area contributed by atoms with E-state index in [4.69, 9.17) is 9.05 Å². The molecule has 0 aliphatic rings. The van der Waals surface area contributed by atoms with Crippen molar-refractivity contribution in [3.63, 3.8) is 0 Å². The fourth-order valence-corrected chi connectivity index (χ4v) is 5.72. The molecule has 0 amide bonds. The second-order valence-corrected chi connectivity index (χ2v) is 10.9. The van der Waals surface area contributed by atoms with Gasteiger partial charge in [-0.05, 0) is 46.5 Å². The molecule has 0 atom stereocenters. The first-order valence-electron chi connectivity index (χ1n) is 13.4. The Morgan fingerprint density at radius 3 is 2.09 bits per heavy atom. The molecule has 3 aromatic carbocycles. The van der Waals surface area contributed by atoms with Crippen molar-refractivity contribution in [2.45, 2.75) is 12.6 Å². The van der Waals surface area contributed by atoms with Crippen LogP contribution in [0.15, 0.2) is 119 Å². The van der Waals surface area contributed by atoms with Gasteiger partial charge in [0.25, 0.3) is 5.89 Å². The van der Waals surface area contributed by atoms with Gasteiger partial charge in [0.2, 0.25) is 17.5 Å². The number of hydrogen-bond acceptors (Lipinski definition) is 8. The molecule has 0 aliphatic heterocycles. The maximum Gasteiger partial charge on any atom is 0.426 e. The molecule has 4 heterocycles. The quantitative estimate of drug-likeness (QED) is 0.179. The smallest absolute Gasteiger partial charge is 0.339 e. The number of halogens is 3. The molecule has 216 valence electrons. The molecule has 0 saturated heterocycles. The zero-order chi connectivity index (χ0) is 30.1. The summed E-state index contributed by atoms with van der Waals surface area (Å²) in [6.07, 6.45) is -0.803. The van der Waals surface area contributed by atoms with Gasteiger partial charge in [0.1, 0.15) is 4.88 Å². The summed E-state index contributed by atoms with van der Waals surface area (Å²) in [7, 11) is 0. The summed E-state index contributed by atoms with van der Waals surface area (Å²) in [4.78, 5) is 12.3. The van der Waals surface area contributed by atoms with Crippen molar-refractivity contribution in [3.8, 4) is 55.8 Å². The summed E-state index contributed by atoms with van der Waals surface area (Å²) in [6.45, 7) is 0. The zero-order valence-electron chi connectivity index (χ0n) is 22.7. The summed E-state index contributed by atoms with van der Waals surface area (Å²) in [5, 5.41) is 8.00. The third-order valence-electron chi connectivity index (χ3n) is 6.88. The van der Waals surface area contributed by atoms with Crippen LogP contribution in [-0.2, 0) is 12.6 Å². The van der Waals surface area contributed by atoms with Crippen LogP contribution in [0.4, 0.5) is 13.2 Å². The van der Waals surface area contributed by atoms with E-state index >= 15 is 0 Å². The number of rotatable bonds is 7. The highest BCUT2D eigenvalue weighted by molar-refractivity contribution is 7.16. The molecule has 0 fully saturated rings. The van der Waals surface area contributed by atoms with Gasteiger partial charge in [-0.15, -0.1) is 11.3 Å². The van der Waals surface area contributed by atoms with Crippen molar-refractivity contribution in [2.75, 3.05) is 0 Å². The first kappa shape index (κ1) is 27.4. The van der Waals surface area contributed by atoms with E-state index in [1.54, 1.807) is 54.9 Å². The minimum absolute atomic E-state index is 0.0338. The van der Waals surface area contributed by atoms with Gasteiger partial charge in [-0.25, -0.2) is 0 Å². The van der Waals surface area contributed by atoms with E-state index in [-0.39, 0.29) is 16.3 Å². The molecule has 44 heavy (non-hydrogen) atoms. The van der Waals surface area contributed by atoms with Crippen molar-refractivity contribution in [1.82, 2.24) is 25.3 Å². The highest BCUT2D eigenvalue weighted by atomic mass is 32.1. The second kappa shape index (κ2) is 11.3. The van der Waals surface area contributed by atoms with E-state index in [9.17, 15) is 13.2 Å². The van der Waals surface area contributed by atoms with E-state index < -0.39 is 11.1 Å². The molecule has 0 aliphatic carbocycles. The molecule has 0 spiro atoms. The minimum atomic E-state index is -4.57. The molecule has 0 N–H and O–H groups in total. The normalized spacial score (nSPS) is 11.6. The van der Waals surface area contributed by atoms with Crippen molar-refractivity contribution in [1.29, 1.82) is 0 Å². The Kier molecular flexibility index (Phi) is 7.07. The van der Waals surface area contributed by atoms with Gasteiger partial charge in [0.15, 0.2) is 0 Å². The van der Waals surface area contributed by atoms with Crippen LogP contribution in [0.3, 0.4) is 0 Å². The summed E-state index contributed by atoms with van der Waals surface area (Å²) < 4.78 is 53.4. The SMILES string of the molecule is FC(F)(F)c1sc(-c2nc(-c3ccccc3)no2)cc1-c1cccc(-c2ccc(Cc3nc(-c4ccncc4)no3)cc2)c1. The molecular weight excluding hydrogens is 587 g/mol. The largest absolute Gasteiger partial charge is 0.426 e. The summed E-state index contributed by atoms with van der Waals surface area (Å²) >= 11 is 0.583. The lowest BCUT2D eigenvalue weighted by Gasteiger charge is -2.10. The molecule has 7 aromatic rings. The van der Waals surface area contributed by atoms with E-state index in [1.165, 1.54) is 6.07 Å². The van der Waals surface area contributed by atoms with Gasteiger partial charge in [-0.1, -0.05) is 83.1 Å². The number of benzene rings is 3. The van der Waals surface area contributed by atoms with Gasteiger partial charge in [-0.3, -0.25) is 4.98 Å². The predicted molar refractivity (Wildman–Crippen MR) is 159 cm³/mol. The zero-order valence-corrected chi connectivity index (χ0v) is 23.5. The van der Waals surface area contributed by atoms with Gasteiger partial charge in [-0.2, -0.15) is 23.1 Å². The topological polar surface area (TPSA) is 90.7 Å². The summed E-state index contributed by atoms with van der Waals surface area (Å²) in [6, 6.07) is 28.9. The molecule has 7 nitrogen and oxygen atoms in total. The number of aromatic nitrogens is 5. The van der Waals surface area contributed by atoms with Crippen molar-refractivity contribution >= 4 is 11.3 Å². The number of hydrogen-bond donors (Lipinski definition) is 0. The number of pyridine rings is 1. The van der Waals surface area contributed by atoms with E-state index in [1.807, 2.05) is 48.5 Å². The molecular formula is C33H20F3N5O2S. The fraction of sp³-hybridized carbons (Fsp3) is 0.0606. The first-order valence-corrected chi connectivity index (χ1v) is 14.3. The molecule has 0 unspecified atom stereocenters. The van der Waals surface area contributed by atoms with Crippen LogP contribution in [0, 0.1) is 0 Å². The Morgan fingerprint density at radius 1 is 0.636 bits per heavy atom. The minimum Gasteiger partial charge on any atom is -0.339 e. The Morgan fingerprint density at radius 2 is 1.32 bits per heavy atom. The Labute approximate surface area is 252 Å². The molecule has 11 heteroatoms. The first-order chi connectivity index (χ1) is 21.4. The average molecular weight is 608 g/mol. The van der Waals surface area contributed by atoms with Gasteiger partial charge < -0.3 is 9.05 Å². The lowest BCUT2D eigenvalue weighted by Crippen LogP contribution is -2.03. The van der Waals surface area contributed by atoms with Crippen LogP contribution >= 0.6 is 11.3 Å². The van der Waals surface area contributed by atoms with Crippen molar-refractivity contribution in [2.24, 2.45) is 0 Å². The lowest BCUT2D eigenvalue weighted by atomic mass is 9.98. The molecule has 0 radical (unpaired) electrons. The van der Waals surface area contributed by atoms with Crippen molar-refractivity contribution in [3.05, 3.63) is 126 Å². The third-order valence-corrected chi connectivity index (χ3v) is 8.05. The Bertz CT molecular complexity index is 2040. The third kappa shape index (κ3) is 5.64.